The van der Waals surface area contributed by atoms with E-state index in [9.17, 15) is 4.39 Å². The van der Waals surface area contributed by atoms with Crippen LogP contribution in [-0.2, 0) is 0 Å². The Morgan fingerprint density at radius 3 is 2.83 bits per heavy atom. The Morgan fingerprint density at radius 1 is 1.22 bits per heavy atom. The first-order valence-electron chi connectivity index (χ1n) is 5.56. The number of nitrogen functional groups attached to an aromatic ring is 1. The highest BCUT2D eigenvalue weighted by Crippen LogP contribution is 2.27. The molecule has 3 rings (SSSR count). The van der Waals surface area contributed by atoms with Gasteiger partial charge in [0.05, 0.1) is 0 Å². The molecule has 0 atom stereocenters. The standard InChI is InChI=1S/C14H11FN2O/c1-8-3-2-4-9(5-8)14-17-12-7-10(16)6-11(15)13(12)18-14/h2-7H,16H2,1H3. The third-order valence-corrected chi connectivity index (χ3v) is 2.73. The molecule has 0 fully saturated rings. The zero-order valence-electron chi connectivity index (χ0n) is 9.77. The van der Waals surface area contributed by atoms with E-state index >= 15 is 0 Å². The van der Waals surface area contributed by atoms with E-state index < -0.39 is 5.82 Å². The monoisotopic (exact) mass is 242 g/mol. The molecule has 1 heterocycles. The van der Waals surface area contributed by atoms with Gasteiger partial charge in [0.2, 0.25) is 5.89 Å². The van der Waals surface area contributed by atoms with Crippen LogP contribution in [0, 0.1) is 12.7 Å². The molecule has 0 spiro atoms. The number of rotatable bonds is 1. The number of anilines is 1. The molecule has 0 amide bonds. The number of aryl methyl sites for hydroxylation is 1. The topological polar surface area (TPSA) is 52.0 Å². The fraction of sp³-hybridized carbons (Fsp3) is 0.0714. The zero-order valence-corrected chi connectivity index (χ0v) is 9.77. The van der Waals surface area contributed by atoms with Gasteiger partial charge in [-0.25, -0.2) is 9.37 Å². The molecule has 90 valence electrons. The van der Waals surface area contributed by atoms with Crippen LogP contribution < -0.4 is 5.73 Å². The number of aromatic nitrogens is 1. The van der Waals surface area contributed by atoms with Crippen molar-refractivity contribution in [3.63, 3.8) is 0 Å². The highest BCUT2D eigenvalue weighted by atomic mass is 19.1. The van der Waals surface area contributed by atoms with Crippen molar-refractivity contribution in [2.24, 2.45) is 0 Å². The highest BCUT2D eigenvalue weighted by Gasteiger charge is 2.12. The van der Waals surface area contributed by atoms with Crippen LogP contribution >= 0.6 is 0 Å². The lowest BCUT2D eigenvalue weighted by Gasteiger charge is -1.96. The van der Waals surface area contributed by atoms with Gasteiger partial charge in [-0.1, -0.05) is 17.7 Å². The van der Waals surface area contributed by atoms with Gasteiger partial charge >= 0.3 is 0 Å². The molecule has 0 unspecified atom stereocenters. The third-order valence-electron chi connectivity index (χ3n) is 2.73. The molecule has 0 aliphatic heterocycles. The largest absolute Gasteiger partial charge is 0.433 e. The maximum atomic E-state index is 13.6. The first-order valence-corrected chi connectivity index (χ1v) is 5.56. The van der Waals surface area contributed by atoms with E-state index in [1.165, 1.54) is 6.07 Å². The molecule has 4 heteroatoms. The lowest BCUT2D eigenvalue weighted by atomic mass is 10.1. The normalized spacial score (nSPS) is 11.0. The smallest absolute Gasteiger partial charge is 0.227 e. The van der Waals surface area contributed by atoms with Gasteiger partial charge < -0.3 is 10.2 Å². The van der Waals surface area contributed by atoms with Crippen LogP contribution in [0.4, 0.5) is 10.1 Å². The van der Waals surface area contributed by atoms with Gasteiger partial charge in [-0.15, -0.1) is 0 Å². The van der Waals surface area contributed by atoms with Gasteiger partial charge in [0, 0.05) is 17.3 Å². The minimum absolute atomic E-state index is 0.140. The Labute approximate surface area is 103 Å². The summed E-state index contributed by atoms with van der Waals surface area (Å²) in [7, 11) is 0. The number of hydrogen-bond acceptors (Lipinski definition) is 3. The lowest BCUT2D eigenvalue weighted by molar-refractivity contribution is 0.564. The fourth-order valence-corrected chi connectivity index (χ4v) is 1.91. The summed E-state index contributed by atoms with van der Waals surface area (Å²) < 4.78 is 19.1. The average Bonchev–Trinajstić information content (AvgIpc) is 2.73. The second kappa shape index (κ2) is 3.84. The predicted molar refractivity (Wildman–Crippen MR) is 68.6 cm³/mol. The van der Waals surface area contributed by atoms with Crippen molar-refractivity contribution in [1.29, 1.82) is 0 Å². The summed E-state index contributed by atoms with van der Waals surface area (Å²) in [5, 5.41) is 0. The quantitative estimate of drug-likeness (QED) is 0.664. The van der Waals surface area contributed by atoms with Gasteiger partial charge in [0.1, 0.15) is 5.52 Å². The van der Waals surface area contributed by atoms with Crippen LogP contribution in [0.25, 0.3) is 22.6 Å². The van der Waals surface area contributed by atoms with Crippen molar-refractivity contribution >= 4 is 16.8 Å². The molecule has 0 radical (unpaired) electrons. The summed E-state index contributed by atoms with van der Waals surface area (Å²) in [6.45, 7) is 1.98. The second-order valence-electron chi connectivity index (χ2n) is 4.24. The summed E-state index contributed by atoms with van der Waals surface area (Å²) in [6.07, 6.45) is 0. The molecule has 0 aliphatic carbocycles. The van der Waals surface area contributed by atoms with Crippen LogP contribution in [0.3, 0.4) is 0 Å². The van der Waals surface area contributed by atoms with E-state index in [-0.39, 0.29) is 5.58 Å². The van der Waals surface area contributed by atoms with Crippen LogP contribution in [0.5, 0.6) is 0 Å². The van der Waals surface area contributed by atoms with Gasteiger partial charge in [-0.05, 0) is 25.1 Å². The molecule has 0 bridgehead atoms. The van der Waals surface area contributed by atoms with Crippen molar-refractivity contribution in [2.45, 2.75) is 6.92 Å². The number of oxazole rings is 1. The lowest BCUT2D eigenvalue weighted by Crippen LogP contribution is -1.86. The highest BCUT2D eigenvalue weighted by molar-refractivity contribution is 5.80. The number of fused-ring (bicyclic) bond motifs is 1. The van der Waals surface area contributed by atoms with E-state index in [2.05, 4.69) is 4.98 Å². The van der Waals surface area contributed by atoms with Gasteiger partial charge in [-0.3, -0.25) is 0 Å². The molecule has 3 nitrogen and oxygen atoms in total. The van der Waals surface area contributed by atoms with Crippen molar-refractivity contribution in [3.05, 3.63) is 47.8 Å². The van der Waals surface area contributed by atoms with E-state index in [0.29, 0.717) is 17.1 Å². The molecule has 18 heavy (non-hydrogen) atoms. The summed E-state index contributed by atoms with van der Waals surface area (Å²) in [4.78, 5) is 4.26. The zero-order chi connectivity index (χ0) is 12.7. The SMILES string of the molecule is Cc1cccc(-c2nc3cc(N)cc(F)c3o2)c1. The van der Waals surface area contributed by atoms with E-state index in [4.69, 9.17) is 10.2 Å². The molecule has 3 aromatic rings. The number of halogens is 1. The van der Waals surface area contributed by atoms with E-state index in [1.807, 2.05) is 31.2 Å². The Morgan fingerprint density at radius 2 is 2.06 bits per heavy atom. The fourth-order valence-electron chi connectivity index (χ4n) is 1.91. The number of nitrogens with zero attached hydrogens (tertiary/aromatic N) is 1. The predicted octanol–water partition coefficient (Wildman–Crippen LogP) is 3.52. The molecular formula is C14H11FN2O. The molecule has 2 aromatic carbocycles. The van der Waals surface area contributed by atoms with Crippen molar-refractivity contribution in [1.82, 2.24) is 4.98 Å². The Kier molecular flexibility index (Phi) is 2.30. The molecule has 0 saturated carbocycles. The molecule has 0 saturated heterocycles. The van der Waals surface area contributed by atoms with E-state index in [0.717, 1.165) is 11.1 Å². The summed E-state index contributed by atoms with van der Waals surface area (Å²) in [5.41, 5.74) is 8.40. The van der Waals surface area contributed by atoms with Crippen LogP contribution in [0.15, 0.2) is 40.8 Å². The summed E-state index contributed by atoms with van der Waals surface area (Å²) in [6, 6.07) is 10.5. The minimum atomic E-state index is -0.489. The third kappa shape index (κ3) is 1.72. The average molecular weight is 242 g/mol. The Balaban J connectivity index is 2.22. The Hall–Kier alpha value is -2.36. The molecule has 2 N–H and O–H groups in total. The summed E-state index contributed by atoms with van der Waals surface area (Å²) in [5.74, 6) is -0.0883. The van der Waals surface area contributed by atoms with Crippen molar-refractivity contribution < 1.29 is 8.81 Å². The van der Waals surface area contributed by atoms with Crippen LogP contribution in [0.1, 0.15) is 5.56 Å². The maximum absolute atomic E-state index is 13.6. The van der Waals surface area contributed by atoms with Gasteiger partial charge in [-0.2, -0.15) is 0 Å². The maximum Gasteiger partial charge on any atom is 0.227 e. The second-order valence-corrected chi connectivity index (χ2v) is 4.24. The number of benzene rings is 2. The van der Waals surface area contributed by atoms with Crippen molar-refractivity contribution in [3.8, 4) is 11.5 Å². The minimum Gasteiger partial charge on any atom is -0.433 e. The van der Waals surface area contributed by atoms with Crippen LogP contribution in [-0.4, -0.2) is 4.98 Å². The van der Waals surface area contributed by atoms with Gasteiger partial charge in [0.25, 0.3) is 0 Å². The molecule has 1 aromatic heterocycles. The molecular weight excluding hydrogens is 231 g/mol. The van der Waals surface area contributed by atoms with Crippen molar-refractivity contribution in [2.75, 3.05) is 5.73 Å². The molecule has 0 aliphatic rings. The first kappa shape index (κ1) is 10.8. The van der Waals surface area contributed by atoms with E-state index in [1.54, 1.807) is 6.07 Å². The first-order chi connectivity index (χ1) is 8.63. The Bertz CT molecular complexity index is 734. The number of hydrogen-bond donors (Lipinski definition) is 1. The summed E-state index contributed by atoms with van der Waals surface area (Å²) >= 11 is 0. The van der Waals surface area contributed by atoms with Crippen LogP contribution in [0.2, 0.25) is 0 Å². The number of nitrogens with two attached hydrogens (primary N) is 1. The van der Waals surface area contributed by atoms with Gasteiger partial charge in [0.15, 0.2) is 11.4 Å².